The highest BCUT2D eigenvalue weighted by molar-refractivity contribution is 6.30. The van der Waals surface area contributed by atoms with Crippen LogP contribution in [0.25, 0.3) is 11.3 Å². The molecular weight excluding hydrogens is 368 g/mol. The summed E-state index contributed by atoms with van der Waals surface area (Å²) in [5.41, 5.74) is 2.38. The second kappa shape index (κ2) is 7.20. The van der Waals surface area contributed by atoms with Crippen LogP contribution in [0, 0.1) is 0 Å². The Kier molecular flexibility index (Phi) is 4.60. The van der Waals surface area contributed by atoms with Crippen molar-refractivity contribution in [2.45, 2.75) is 6.54 Å². The normalized spacial score (nSPS) is 13.4. The summed E-state index contributed by atoms with van der Waals surface area (Å²) in [6.45, 7) is 0.939. The summed E-state index contributed by atoms with van der Waals surface area (Å²) in [4.78, 5) is 26.5. The minimum Gasteiger partial charge on any atom is -0.504 e. The number of aromatic nitrogens is 3. The van der Waals surface area contributed by atoms with Crippen molar-refractivity contribution in [2.75, 3.05) is 13.2 Å². The van der Waals surface area contributed by atoms with E-state index in [1.54, 1.807) is 35.4 Å². The number of carbonyl (C=O) groups excluding carboxylic acids is 1. The maximum atomic E-state index is 12.7. The van der Waals surface area contributed by atoms with Gasteiger partial charge in [0.2, 0.25) is 0 Å². The molecule has 136 valence electrons. The zero-order valence-corrected chi connectivity index (χ0v) is 14.9. The van der Waals surface area contributed by atoms with Gasteiger partial charge in [-0.2, -0.15) is 0 Å². The van der Waals surface area contributed by atoms with Crippen molar-refractivity contribution >= 4 is 17.5 Å². The van der Waals surface area contributed by atoms with Crippen LogP contribution >= 0.6 is 11.6 Å². The molecule has 0 aliphatic carbocycles. The number of pyridine rings is 1. The van der Waals surface area contributed by atoms with E-state index in [0.29, 0.717) is 39.8 Å². The molecule has 0 saturated heterocycles. The van der Waals surface area contributed by atoms with Gasteiger partial charge in [-0.3, -0.25) is 9.78 Å². The molecule has 8 heteroatoms. The van der Waals surface area contributed by atoms with Crippen molar-refractivity contribution in [1.29, 1.82) is 0 Å². The molecule has 1 amide bonds. The second-order valence-corrected chi connectivity index (χ2v) is 6.45. The fourth-order valence-electron chi connectivity index (χ4n) is 2.95. The molecule has 0 spiro atoms. The number of carbonyl (C=O) groups is 1. The lowest BCUT2D eigenvalue weighted by atomic mass is 10.0. The second-order valence-electron chi connectivity index (χ2n) is 6.02. The Hall–Kier alpha value is -3.19. The Morgan fingerprint density at radius 1 is 1.22 bits per heavy atom. The van der Waals surface area contributed by atoms with Gasteiger partial charge < -0.3 is 14.7 Å². The number of ether oxygens (including phenoxy) is 1. The van der Waals surface area contributed by atoms with Crippen LogP contribution in [0.4, 0.5) is 0 Å². The third-order valence-electron chi connectivity index (χ3n) is 4.23. The van der Waals surface area contributed by atoms with Crippen LogP contribution in [0.15, 0.2) is 49.1 Å². The molecule has 2 aromatic heterocycles. The van der Waals surface area contributed by atoms with Gasteiger partial charge in [-0.1, -0.05) is 11.6 Å². The molecule has 0 unspecified atom stereocenters. The summed E-state index contributed by atoms with van der Waals surface area (Å²) >= 11 is 5.89. The third kappa shape index (κ3) is 3.54. The van der Waals surface area contributed by atoms with Gasteiger partial charge in [0.15, 0.2) is 11.5 Å². The molecule has 1 aromatic carbocycles. The highest BCUT2D eigenvalue weighted by Crippen LogP contribution is 2.37. The van der Waals surface area contributed by atoms with Gasteiger partial charge in [0.25, 0.3) is 5.91 Å². The standard InChI is InChI=1S/C19H15ClN4O3/c20-14-1-2-15(22-9-14)12-7-13-10-24(5-6-27-18(13)17(25)8-12)19(26)16-3-4-21-11-23-16/h1-4,7-9,11,25H,5-6,10H2. The molecule has 0 radical (unpaired) electrons. The number of amides is 1. The topological polar surface area (TPSA) is 88.4 Å². The van der Waals surface area contributed by atoms with Crippen molar-refractivity contribution in [1.82, 2.24) is 19.9 Å². The van der Waals surface area contributed by atoms with E-state index in [9.17, 15) is 9.90 Å². The summed E-state index contributed by atoms with van der Waals surface area (Å²) in [7, 11) is 0. The van der Waals surface area contributed by atoms with Crippen molar-refractivity contribution in [3.05, 3.63) is 65.3 Å². The summed E-state index contributed by atoms with van der Waals surface area (Å²) in [6, 6.07) is 8.52. The fraction of sp³-hybridized carbons (Fsp3) is 0.158. The predicted molar refractivity (Wildman–Crippen MR) is 98.6 cm³/mol. The number of halogens is 1. The summed E-state index contributed by atoms with van der Waals surface area (Å²) in [5.74, 6) is 0.171. The number of benzene rings is 1. The Balaban J connectivity index is 1.69. The zero-order chi connectivity index (χ0) is 18.8. The first-order valence-corrected chi connectivity index (χ1v) is 8.65. The SMILES string of the molecule is O=C(c1ccncn1)N1CCOc2c(O)cc(-c3ccc(Cl)cn3)cc2C1. The number of rotatable bonds is 2. The molecule has 3 aromatic rings. The maximum Gasteiger partial charge on any atom is 0.272 e. The highest BCUT2D eigenvalue weighted by Gasteiger charge is 2.24. The Labute approximate surface area is 160 Å². The lowest BCUT2D eigenvalue weighted by Gasteiger charge is -2.19. The van der Waals surface area contributed by atoms with E-state index in [1.165, 1.54) is 12.5 Å². The van der Waals surface area contributed by atoms with E-state index in [2.05, 4.69) is 15.0 Å². The minimum atomic E-state index is -0.219. The van der Waals surface area contributed by atoms with Crippen LogP contribution in [0.3, 0.4) is 0 Å². The largest absolute Gasteiger partial charge is 0.504 e. The van der Waals surface area contributed by atoms with Crippen LogP contribution in [-0.4, -0.2) is 44.0 Å². The molecule has 0 atom stereocenters. The summed E-state index contributed by atoms with van der Waals surface area (Å²) in [6.07, 6.45) is 4.41. The molecule has 1 aliphatic heterocycles. The fourth-order valence-corrected chi connectivity index (χ4v) is 3.06. The van der Waals surface area contributed by atoms with Crippen LogP contribution in [0.1, 0.15) is 16.1 Å². The van der Waals surface area contributed by atoms with Gasteiger partial charge in [0.1, 0.15) is 18.6 Å². The number of hydrogen-bond acceptors (Lipinski definition) is 6. The number of aromatic hydroxyl groups is 1. The van der Waals surface area contributed by atoms with E-state index in [-0.39, 0.29) is 24.8 Å². The number of fused-ring (bicyclic) bond motifs is 1. The van der Waals surface area contributed by atoms with Crippen molar-refractivity contribution in [2.24, 2.45) is 0 Å². The smallest absolute Gasteiger partial charge is 0.272 e. The highest BCUT2D eigenvalue weighted by atomic mass is 35.5. The first-order chi connectivity index (χ1) is 13.1. The number of hydrogen-bond donors (Lipinski definition) is 1. The molecule has 3 heterocycles. The van der Waals surface area contributed by atoms with E-state index in [1.807, 2.05) is 6.07 Å². The van der Waals surface area contributed by atoms with Crippen molar-refractivity contribution in [3.63, 3.8) is 0 Å². The van der Waals surface area contributed by atoms with Crippen LogP contribution < -0.4 is 4.74 Å². The van der Waals surface area contributed by atoms with Gasteiger partial charge in [-0.15, -0.1) is 0 Å². The van der Waals surface area contributed by atoms with Gasteiger partial charge in [-0.05, 0) is 30.3 Å². The predicted octanol–water partition coefficient (Wildman–Crippen LogP) is 2.93. The molecule has 1 aliphatic rings. The van der Waals surface area contributed by atoms with E-state index in [4.69, 9.17) is 16.3 Å². The summed E-state index contributed by atoms with van der Waals surface area (Å²) in [5, 5.41) is 10.9. The van der Waals surface area contributed by atoms with Gasteiger partial charge >= 0.3 is 0 Å². The molecule has 1 N–H and O–H groups in total. The molecule has 0 saturated carbocycles. The molecule has 4 rings (SSSR count). The van der Waals surface area contributed by atoms with Crippen LogP contribution in [-0.2, 0) is 6.54 Å². The van der Waals surface area contributed by atoms with Crippen LogP contribution in [0.5, 0.6) is 11.5 Å². The lowest BCUT2D eigenvalue weighted by Crippen LogP contribution is -2.33. The Bertz CT molecular complexity index is 980. The molecule has 27 heavy (non-hydrogen) atoms. The van der Waals surface area contributed by atoms with Crippen molar-refractivity contribution in [3.8, 4) is 22.8 Å². The Morgan fingerprint density at radius 3 is 2.85 bits per heavy atom. The van der Waals surface area contributed by atoms with Crippen LogP contribution in [0.2, 0.25) is 5.02 Å². The first kappa shape index (κ1) is 17.2. The van der Waals surface area contributed by atoms with Gasteiger partial charge in [0.05, 0.1) is 17.3 Å². The molecular formula is C19H15ClN4O3. The monoisotopic (exact) mass is 382 g/mol. The zero-order valence-electron chi connectivity index (χ0n) is 14.2. The van der Waals surface area contributed by atoms with E-state index < -0.39 is 0 Å². The molecule has 0 fully saturated rings. The number of nitrogens with zero attached hydrogens (tertiary/aromatic N) is 4. The Morgan fingerprint density at radius 2 is 2.11 bits per heavy atom. The average Bonchev–Trinajstić information content (AvgIpc) is 2.91. The van der Waals surface area contributed by atoms with E-state index in [0.717, 1.165) is 0 Å². The summed E-state index contributed by atoms with van der Waals surface area (Å²) < 4.78 is 5.69. The molecule has 7 nitrogen and oxygen atoms in total. The molecule has 0 bridgehead atoms. The third-order valence-corrected chi connectivity index (χ3v) is 4.45. The van der Waals surface area contributed by atoms with Gasteiger partial charge in [0, 0.05) is 30.1 Å². The maximum absolute atomic E-state index is 12.7. The minimum absolute atomic E-state index is 0.00980. The average molecular weight is 383 g/mol. The quantitative estimate of drug-likeness (QED) is 0.733. The number of phenols is 1. The lowest BCUT2D eigenvalue weighted by molar-refractivity contribution is 0.0727. The van der Waals surface area contributed by atoms with Gasteiger partial charge in [-0.25, -0.2) is 9.97 Å². The number of phenolic OH excluding ortho intramolecular Hbond substituents is 1. The first-order valence-electron chi connectivity index (χ1n) is 8.28. The van der Waals surface area contributed by atoms with Crippen molar-refractivity contribution < 1.29 is 14.6 Å². The van der Waals surface area contributed by atoms with E-state index >= 15 is 0 Å².